The highest BCUT2D eigenvalue weighted by Crippen LogP contribution is 2.11. The van der Waals surface area contributed by atoms with Crippen LogP contribution in [0.25, 0.3) is 0 Å². The van der Waals surface area contributed by atoms with Crippen LogP contribution in [0.4, 0.5) is 4.79 Å². The highest BCUT2D eigenvalue weighted by molar-refractivity contribution is 14.0. The zero-order valence-corrected chi connectivity index (χ0v) is 15.7. The molecule has 0 aliphatic carbocycles. The summed E-state index contributed by atoms with van der Waals surface area (Å²) in [4.78, 5) is 19.9. The van der Waals surface area contributed by atoms with Gasteiger partial charge >= 0.3 is 6.09 Å². The quantitative estimate of drug-likeness (QED) is 0.414. The average Bonchev–Trinajstić information content (AvgIpc) is 3.02. The summed E-state index contributed by atoms with van der Waals surface area (Å²) in [7, 11) is 1.80. The van der Waals surface area contributed by atoms with Crippen molar-refractivity contribution in [2.45, 2.75) is 13.3 Å². The number of guanidine groups is 1. The molecule has 2 fully saturated rings. The normalized spacial score (nSPS) is 22.3. The van der Waals surface area contributed by atoms with Crippen LogP contribution in [0.2, 0.25) is 0 Å². The van der Waals surface area contributed by atoms with Crippen LogP contribution in [0.15, 0.2) is 4.99 Å². The van der Waals surface area contributed by atoms with E-state index >= 15 is 0 Å². The first-order chi connectivity index (χ1) is 10.2. The molecule has 8 heteroatoms. The summed E-state index contributed by atoms with van der Waals surface area (Å²) in [5, 5.41) is 3.41. The lowest BCUT2D eigenvalue weighted by Gasteiger charge is -2.36. The lowest BCUT2D eigenvalue weighted by Crippen LogP contribution is -2.54. The van der Waals surface area contributed by atoms with Gasteiger partial charge in [0, 0.05) is 52.3 Å². The van der Waals surface area contributed by atoms with Crippen molar-refractivity contribution in [3.63, 3.8) is 0 Å². The summed E-state index contributed by atoms with van der Waals surface area (Å²) in [6.07, 6.45) is 0.892. The molecule has 1 atom stereocenters. The van der Waals surface area contributed by atoms with Gasteiger partial charge in [0.1, 0.15) is 0 Å². The van der Waals surface area contributed by atoms with Gasteiger partial charge in [0.25, 0.3) is 0 Å². The maximum atomic E-state index is 11.7. The van der Waals surface area contributed by atoms with Crippen LogP contribution in [0, 0.1) is 5.92 Å². The minimum absolute atomic E-state index is 0. The number of rotatable bonds is 3. The molecule has 22 heavy (non-hydrogen) atoms. The van der Waals surface area contributed by atoms with Gasteiger partial charge in [-0.3, -0.25) is 4.99 Å². The number of carbonyl (C=O) groups is 1. The van der Waals surface area contributed by atoms with Crippen LogP contribution in [0.1, 0.15) is 13.3 Å². The third kappa shape index (κ3) is 5.45. The van der Waals surface area contributed by atoms with E-state index in [-0.39, 0.29) is 30.1 Å². The number of ether oxygens (including phenoxy) is 2. The second-order valence-corrected chi connectivity index (χ2v) is 5.33. The number of aliphatic imine (C=N–C) groups is 1. The summed E-state index contributed by atoms with van der Waals surface area (Å²) in [5.74, 6) is 1.48. The van der Waals surface area contributed by atoms with E-state index in [1.54, 1.807) is 11.9 Å². The van der Waals surface area contributed by atoms with E-state index in [1.165, 1.54) is 0 Å². The van der Waals surface area contributed by atoms with E-state index in [0.717, 1.165) is 45.2 Å². The Labute approximate surface area is 149 Å². The molecule has 2 aliphatic heterocycles. The minimum Gasteiger partial charge on any atom is -0.450 e. The molecule has 2 rings (SSSR count). The maximum Gasteiger partial charge on any atom is 0.409 e. The van der Waals surface area contributed by atoms with Gasteiger partial charge in [-0.1, -0.05) is 0 Å². The summed E-state index contributed by atoms with van der Waals surface area (Å²) in [6, 6.07) is 0. The monoisotopic (exact) mass is 426 g/mol. The van der Waals surface area contributed by atoms with E-state index < -0.39 is 0 Å². The van der Waals surface area contributed by atoms with Crippen molar-refractivity contribution in [1.29, 1.82) is 0 Å². The van der Waals surface area contributed by atoms with E-state index in [4.69, 9.17) is 9.47 Å². The van der Waals surface area contributed by atoms with E-state index in [2.05, 4.69) is 15.2 Å². The lowest BCUT2D eigenvalue weighted by molar-refractivity contribution is 0.0914. The van der Waals surface area contributed by atoms with E-state index in [0.29, 0.717) is 25.6 Å². The number of hydrogen-bond acceptors (Lipinski definition) is 4. The predicted molar refractivity (Wildman–Crippen MR) is 95.9 cm³/mol. The fourth-order valence-electron chi connectivity index (χ4n) is 2.63. The Morgan fingerprint density at radius 2 is 2.00 bits per heavy atom. The third-order valence-electron chi connectivity index (χ3n) is 3.89. The Bertz CT molecular complexity index is 367. The number of carbonyl (C=O) groups excluding carboxylic acids is 1. The van der Waals surface area contributed by atoms with Crippen LogP contribution in [0.5, 0.6) is 0 Å². The Morgan fingerprint density at radius 1 is 1.32 bits per heavy atom. The van der Waals surface area contributed by atoms with Gasteiger partial charge in [-0.05, 0) is 13.3 Å². The van der Waals surface area contributed by atoms with Gasteiger partial charge in [-0.15, -0.1) is 24.0 Å². The molecule has 0 aromatic heterocycles. The van der Waals surface area contributed by atoms with Crippen LogP contribution < -0.4 is 5.32 Å². The first-order valence-electron chi connectivity index (χ1n) is 7.69. The fourth-order valence-corrected chi connectivity index (χ4v) is 2.63. The lowest BCUT2D eigenvalue weighted by atomic mass is 10.1. The number of halogens is 1. The van der Waals surface area contributed by atoms with Crippen molar-refractivity contribution in [3.8, 4) is 0 Å². The second-order valence-electron chi connectivity index (χ2n) is 5.33. The number of amides is 1. The Balaban J connectivity index is 0.00000242. The standard InChI is InChI=1S/C14H26N4O3.HI/c1-3-21-14(19)18-7-5-17(6-8-18)13(15-2)16-10-12-4-9-20-11-12;/h12H,3-11H2,1-2H3,(H,15,16);1H. The molecule has 0 aromatic rings. The molecule has 2 saturated heterocycles. The van der Waals surface area contributed by atoms with Gasteiger partial charge < -0.3 is 24.6 Å². The molecular weight excluding hydrogens is 399 g/mol. The fraction of sp³-hybridized carbons (Fsp3) is 0.857. The maximum absolute atomic E-state index is 11.7. The van der Waals surface area contributed by atoms with Crippen LogP contribution >= 0.6 is 24.0 Å². The SMILES string of the molecule is CCOC(=O)N1CCN(C(=NC)NCC2CCOC2)CC1.I. The zero-order chi connectivity index (χ0) is 15.1. The van der Waals surface area contributed by atoms with E-state index in [1.807, 2.05) is 6.92 Å². The van der Waals surface area contributed by atoms with Gasteiger partial charge in [0.2, 0.25) is 0 Å². The smallest absolute Gasteiger partial charge is 0.409 e. The van der Waals surface area contributed by atoms with Crippen molar-refractivity contribution in [3.05, 3.63) is 0 Å². The largest absolute Gasteiger partial charge is 0.450 e. The minimum atomic E-state index is -0.219. The third-order valence-corrected chi connectivity index (χ3v) is 3.89. The van der Waals surface area contributed by atoms with Gasteiger partial charge in [-0.2, -0.15) is 0 Å². The van der Waals surface area contributed by atoms with Crippen molar-refractivity contribution < 1.29 is 14.3 Å². The molecule has 0 bridgehead atoms. The Morgan fingerprint density at radius 3 is 2.55 bits per heavy atom. The van der Waals surface area contributed by atoms with Crippen molar-refractivity contribution >= 4 is 36.0 Å². The number of piperazine rings is 1. The predicted octanol–water partition coefficient (Wildman–Crippen LogP) is 0.990. The number of nitrogens with one attached hydrogen (secondary N) is 1. The molecule has 2 aliphatic rings. The molecular formula is C14H27IN4O3. The van der Waals surface area contributed by atoms with Crippen LogP contribution in [-0.4, -0.2) is 81.4 Å². The van der Waals surface area contributed by atoms with Crippen LogP contribution in [-0.2, 0) is 9.47 Å². The Hall–Kier alpha value is -0.770. The average molecular weight is 426 g/mol. The van der Waals surface area contributed by atoms with Crippen molar-refractivity contribution in [1.82, 2.24) is 15.1 Å². The summed E-state index contributed by atoms with van der Waals surface area (Å²) in [5.41, 5.74) is 0. The zero-order valence-electron chi connectivity index (χ0n) is 13.4. The summed E-state index contributed by atoms with van der Waals surface area (Å²) >= 11 is 0. The molecule has 1 amide bonds. The van der Waals surface area contributed by atoms with Gasteiger partial charge in [-0.25, -0.2) is 4.79 Å². The highest BCUT2D eigenvalue weighted by atomic mass is 127. The molecule has 2 heterocycles. The first-order valence-corrected chi connectivity index (χ1v) is 7.69. The molecule has 0 radical (unpaired) electrons. The van der Waals surface area contributed by atoms with Crippen molar-refractivity contribution in [2.24, 2.45) is 10.9 Å². The molecule has 7 nitrogen and oxygen atoms in total. The van der Waals surface area contributed by atoms with E-state index in [9.17, 15) is 4.79 Å². The van der Waals surface area contributed by atoms with Gasteiger partial charge in [0.05, 0.1) is 13.2 Å². The molecule has 1 N–H and O–H groups in total. The molecule has 0 aromatic carbocycles. The number of hydrogen-bond donors (Lipinski definition) is 1. The molecule has 1 unspecified atom stereocenters. The number of nitrogens with zero attached hydrogens (tertiary/aromatic N) is 3. The first kappa shape index (κ1) is 19.3. The molecule has 0 saturated carbocycles. The van der Waals surface area contributed by atoms with Gasteiger partial charge in [0.15, 0.2) is 5.96 Å². The van der Waals surface area contributed by atoms with Crippen LogP contribution in [0.3, 0.4) is 0 Å². The molecule has 0 spiro atoms. The van der Waals surface area contributed by atoms with Crippen molar-refractivity contribution in [2.75, 3.05) is 59.6 Å². The molecule has 128 valence electrons. The summed E-state index contributed by atoms with van der Waals surface area (Å²) < 4.78 is 10.4. The summed E-state index contributed by atoms with van der Waals surface area (Å²) in [6.45, 7) is 7.74. The topological polar surface area (TPSA) is 66.4 Å². The second kappa shape index (κ2) is 10.1. The highest BCUT2D eigenvalue weighted by Gasteiger charge is 2.24. The Kier molecular flexibility index (Phi) is 8.84.